The lowest BCUT2D eigenvalue weighted by Crippen LogP contribution is -2.31. The Morgan fingerprint density at radius 1 is 1.15 bits per heavy atom. The van der Waals surface area contributed by atoms with Crippen LogP contribution in [0.3, 0.4) is 0 Å². The Balaban J connectivity index is 1.50. The zero-order valence-electron chi connectivity index (χ0n) is 14.7. The molecule has 2 aromatic carbocycles. The average Bonchev–Trinajstić information content (AvgIpc) is 2.69. The minimum absolute atomic E-state index is 0.231. The highest BCUT2D eigenvalue weighted by Crippen LogP contribution is 2.23. The van der Waals surface area contributed by atoms with Gasteiger partial charge in [-0.2, -0.15) is 0 Å². The molecule has 0 spiro atoms. The lowest BCUT2D eigenvalue weighted by atomic mass is 10.1. The van der Waals surface area contributed by atoms with Gasteiger partial charge in [-0.3, -0.25) is 4.90 Å². The van der Waals surface area contributed by atoms with Gasteiger partial charge in [-0.15, -0.1) is 0 Å². The van der Waals surface area contributed by atoms with Crippen LogP contribution in [0.25, 0.3) is 11.4 Å². The molecule has 2 heterocycles. The molecule has 26 heavy (non-hydrogen) atoms. The van der Waals surface area contributed by atoms with Gasteiger partial charge in [0.1, 0.15) is 11.6 Å². The normalized spacial score (nSPS) is 14.1. The minimum atomic E-state index is -0.231. The summed E-state index contributed by atoms with van der Waals surface area (Å²) >= 11 is 0. The quantitative estimate of drug-likeness (QED) is 0.717. The molecule has 0 fully saturated rings. The molecule has 0 bridgehead atoms. The Labute approximate surface area is 152 Å². The van der Waals surface area contributed by atoms with Crippen molar-refractivity contribution in [1.29, 1.82) is 0 Å². The average molecular weight is 349 g/mol. The molecule has 0 unspecified atom stereocenters. The number of ether oxygens (including phenoxy) is 1. The maximum atomic E-state index is 14.2. The molecule has 4 nitrogen and oxygen atoms in total. The van der Waals surface area contributed by atoms with Crippen molar-refractivity contribution in [3.63, 3.8) is 0 Å². The first-order valence-corrected chi connectivity index (χ1v) is 8.68. The van der Waals surface area contributed by atoms with E-state index in [2.05, 4.69) is 9.88 Å². The van der Waals surface area contributed by atoms with Crippen molar-refractivity contribution < 1.29 is 9.13 Å². The highest BCUT2D eigenvalue weighted by Gasteiger charge is 2.20. The van der Waals surface area contributed by atoms with Crippen molar-refractivity contribution in [2.45, 2.75) is 19.5 Å². The fourth-order valence-corrected chi connectivity index (χ4v) is 3.26. The zero-order chi connectivity index (χ0) is 17.9. The minimum Gasteiger partial charge on any atom is -0.497 e. The topological polar surface area (TPSA) is 38.2 Å². The van der Waals surface area contributed by atoms with E-state index in [9.17, 15) is 4.39 Å². The van der Waals surface area contributed by atoms with Gasteiger partial charge in [0, 0.05) is 55.0 Å². The maximum Gasteiger partial charge on any atom is 0.159 e. The molecular weight excluding hydrogens is 329 g/mol. The molecular formula is C21H20FN3O. The van der Waals surface area contributed by atoms with Gasteiger partial charge in [-0.05, 0) is 6.07 Å². The molecule has 0 saturated carbocycles. The van der Waals surface area contributed by atoms with E-state index < -0.39 is 0 Å². The van der Waals surface area contributed by atoms with Crippen molar-refractivity contribution >= 4 is 0 Å². The predicted molar refractivity (Wildman–Crippen MR) is 98.2 cm³/mol. The first-order valence-electron chi connectivity index (χ1n) is 8.68. The number of methoxy groups -OCH3 is 1. The largest absolute Gasteiger partial charge is 0.497 e. The molecule has 1 aromatic heterocycles. The lowest BCUT2D eigenvalue weighted by molar-refractivity contribution is 0.239. The van der Waals surface area contributed by atoms with Crippen LogP contribution < -0.4 is 4.74 Å². The smallest absolute Gasteiger partial charge is 0.159 e. The van der Waals surface area contributed by atoms with E-state index in [0.717, 1.165) is 42.2 Å². The Morgan fingerprint density at radius 3 is 2.77 bits per heavy atom. The Morgan fingerprint density at radius 2 is 2.00 bits per heavy atom. The summed E-state index contributed by atoms with van der Waals surface area (Å²) in [5.41, 5.74) is 3.91. The van der Waals surface area contributed by atoms with E-state index in [-0.39, 0.29) is 5.82 Å². The standard InChI is InChI=1S/C21H20FN3O/c1-26-18-8-7-16(19(22)11-18)13-25-10-9-20-17(14-25)12-23-21(24-20)15-5-3-2-4-6-15/h2-8,11-12H,9-10,13-14H2,1H3. The summed E-state index contributed by atoms with van der Waals surface area (Å²) in [4.78, 5) is 11.5. The second-order valence-corrected chi connectivity index (χ2v) is 6.45. The number of benzene rings is 2. The van der Waals surface area contributed by atoms with Crippen molar-refractivity contribution in [3.05, 3.63) is 77.4 Å². The van der Waals surface area contributed by atoms with E-state index in [4.69, 9.17) is 9.72 Å². The summed E-state index contributed by atoms with van der Waals surface area (Å²) in [7, 11) is 1.54. The van der Waals surface area contributed by atoms with Gasteiger partial charge < -0.3 is 4.74 Å². The fourth-order valence-electron chi connectivity index (χ4n) is 3.26. The molecule has 3 aromatic rings. The molecule has 1 aliphatic rings. The zero-order valence-corrected chi connectivity index (χ0v) is 14.7. The van der Waals surface area contributed by atoms with Crippen molar-refractivity contribution in [2.75, 3.05) is 13.7 Å². The van der Waals surface area contributed by atoms with Gasteiger partial charge >= 0.3 is 0 Å². The van der Waals surface area contributed by atoms with Crippen LogP contribution in [-0.2, 0) is 19.5 Å². The van der Waals surface area contributed by atoms with Crippen LogP contribution in [0, 0.1) is 5.82 Å². The number of fused-ring (bicyclic) bond motifs is 1. The molecule has 0 aliphatic carbocycles. The van der Waals surface area contributed by atoms with E-state index in [1.807, 2.05) is 36.5 Å². The summed E-state index contributed by atoms with van der Waals surface area (Å²) in [5.74, 6) is 1.07. The summed E-state index contributed by atoms with van der Waals surface area (Å²) in [6.45, 7) is 2.15. The summed E-state index contributed by atoms with van der Waals surface area (Å²) in [5, 5.41) is 0. The third-order valence-corrected chi connectivity index (χ3v) is 4.70. The van der Waals surface area contributed by atoms with Gasteiger partial charge in [-0.25, -0.2) is 14.4 Å². The van der Waals surface area contributed by atoms with Crippen molar-refractivity contribution in [1.82, 2.24) is 14.9 Å². The molecule has 0 N–H and O–H groups in total. The second kappa shape index (κ2) is 7.22. The number of hydrogen-bond donors (Lipinski definition) is 0. The van der Waals surface area contributed by atoms with E-state index >= 15 is 0 Å². The van der Waals surface area contributed by atoms with Crippen LogP contribution in [0.4, 0.5) is 4.39 Å². The van der Waals surface area contributed by atoms with E-state index in [0.29, 0.717) is 17.9 Å². The van der Waals surface area contributed by atoms with Crippen molar-refractivity contribution in [2.24, 2.45) is 0 Å². The van der Waals surface area contributed by atoms with Gasteiger partial charge in [0.05, 0.1) is 12.8 Å². The third kappa shape index (κ3) is 3.44. The number of halogens is 1. The van der Waals surface area contributed by atoms with Crippen molar-refractivity contribution in [3.8, 4) is 17.1 Å². The molecule has 1 aliphatic heterocycles. The van der Waals surface area contributed by atoms with Crippen LogP contribution in [0.1, 0.15) is 16.8 Å². The number of rotatable bonds is 4. The van der Waals surface area contributed by atoms with Crippen LogP contribution >= 0.6 is 0 Å². The highest BCUT2D eigenvalue weighted by atomic mass is 19.1. The van der Waals surface area contributed by atoms with Gasteiger partial charge in [0.15, 0.2) is 5.82 Å². The Hall–Kier alpha value is -2.79. The summed E-state index contributed by atoms with van der Waals surface area (Å²) in [6.07, 6.45) is 2.75. The Kier molecular flexibility index (Phi) is 4.63. The second-order valence-electron chi connectivity index (χ2n) is 6.45. The molecule has 5 heteroatoms. The third-order valence-electron chi connectivity index (χ3n) is 4.70. The first kappa shape index (κ1) is 16.7. The summed E-state index contributed by atoms with van der Waals surface area (Å²) in [6, 6.07) is 15.0. The number of nitrogens with zero attached hydrogens (tertiary/aromatic N) is 3. The summed E-state index contributed by atoms with van der Waals surface area (Å²) < 4.78 is 19.3. The Bertz CT molecular complexity index is 914. The number of aromatic nitrogens is 2. The molecule has 0 radical (unpaired) electrons. The highest BCUT2D eigenvalue weighted by molar-refractivity contribution is 5.54. The van der Waals surface area contributed by atoms with Gasteiger partial charge in [-0.1, -0.05) is 36.4 Å². The number of hydrogen-bond acceptors (Lipinski definition) is 4. The van der Waals surface area contributed by atoms with Crippen LogP contribution in [0.5, 0.6) is 5.75 Å². The lowest BCUT2D eigenvalue weighted by Gasteiger charge is -2.28. The van der Waals surface area contributed by atoms with E-state index in [1.54, 1.807) is 19.2 Å². The molecule has 4 rings (SSSR count). The van der Waals surface area contributed by atoms with Crippen LogP contribution in [-0.4, -0.2) is 28.5 Å². The van der Waals surface area contributed by atoms with Gasteiger partial charge in [0.25, 0.3) is 0 Å². The van der Waals surface area contributed by atoms with Crippen LogP contribution in [0.2, 0.25) is 0 Å². The first-order chi connectivity index (χ1) is 12.7. The van der Waals surface area contributed by atoms with Crippen LogP contribution in [0.15, 0.2) is 54.7 Å². The van der Waals surface area contributed by atoms with E-state index in [1.165, 1.54) is 6.07 Å². The monoisotopic (exact) mass is 349 g/mol. The molecule has 132 valence electrons. The molecule has 0 saturated heterocycles. The molecule has 0 atom stereocenters. The SMILES string of the molecule is COc1ccc(CN2CCc3nc(-c4ccccc4)ncc3C2)c(F)c1. The molecule has 0 amide bonds. The maximum absolute atomic E-state index is 14.2. The van der Waals surface area contributed by atoms with Gasteiger partial charge in [0.2, 0.25) is 0 Å². The fraction of sp³-hybridized carbons (Fsp3) is 0.238. The predicted octanol–water partition coefficient (Wildman–Crippen LogP) is 3.85.